The summed E-state index contributed by atoms with van der Waals surface area (Å²) in [7, 11) is 1.61. The van der Waals surface area contributed by atoms with E-state index < -0.39 is 5.97 Å². The number of rotatable bonds is 4. The van der Waals surface area contributed by atoms with E-state index in [1.807, 2.05) is 12.1 Å². The fraction of sp³-hybridized carbons (Fsp3) is 0.278. The number of aromatic carboxylic acids is 1. The van der Waals surface area contributed by atoms with Gasteiger partial charge in [0.05, 0.1) is 12.7 Å². The molecule has 1 aliphatic rings. The first-order valence-corrected chi connectivity index (χ1v) is 7.20. The molecule has 0 atom stereocenters. The molecule has 1 saturated carbocycles. The molecule has 1 aliphatic carbocycles. The lowest BCUT2D eigenvalue weighted by molar-refractivity contribution is 0.0697. The Morgan fingerprint density at radius 3 is 2.62 bits per heavy atom. The molecule has 0 amide bonds. The molecule has 0 bridgehead atoms. The van der Waals surface area contributed by atoms with Crippen LogP contribution in [-0.2, 0) is 0 Å². The summed E-state index contributed by atoms with van der Waals surface area (Å²) in [4.78, 5) is 11.2. The van der Waals surface area contributed by atoms with Crippen LogP contribution < -0.4 is 4.74 Å². The number of carboxylic acids is 1. The predicted octanol–water partition coefficient (Wildman–Crippen LogP) is 4.33. The summed E-state index contributed by atoms with van der Waals surface area (Å²) in [6, 6.07) is 13.3. The minimum atomic E-state index is -0.922. The Balaban J connectivity index is 2.05. The SMILES string of the molecule is COc1ccc(C(=O)O)cc1-c1cccc(C2CCC2)c1. The fourth-order valence-electron chi connectivity index (χ4n) is 2.77. The van der Waals surface area contributed by atoms with Crippen molar-refractivity contribution in [3.05, 3.63) is 53.6 Å². The number of benzene rings is 2. The minimum Gasteiger partial charge on any atom is -0.496 e. The van der Waals surface area contributed by atoms with Gasteiger partial charge < -0.3 is 9.84 Å². The highest BCUT2D eigenvalue weighted by atomic mass is 16.5. The van der Waals surface area contributed by atoms with E-state index in [1.165, 1.54) is 24.8 Å². The average Bonchev–Trinajstić information content (AvgIpc) is 2.45. The van der Waals surface area contributed by atoms with Crippen LogP contribution in [0.5, 0.6) is 5.75 Å². The maximum atomic E-state index is 11.2. The lowest BCUT2D eigenvalue weighted by Crippen LogP contribution is -2.08. The van der Waals surface area contributed by atoms with E-state index in [2.05, 4.69) is 12.1 Å². The van der Waals surface area contributed by atoms with Crippen LogP contribution in [0.3, 0.4) is 0 Å². The molecular formula is C18H18O3. The third kappa shape index (κ3) is 2.64. The molecule has 0 aromatic heterocycles. The van der Waals surface area contributed by atoms with Crippen LogP contribution in [0.1, 0.15) is 41.1 Å². The van der Waals surface area contributed by atoms with Gasteiger partial charge in [-0.1, -0.05) is 30.7 Å². The van der Waals surface area contributed by atoms with Crippen LogP contribution in [0, 0.1) is 0 Å². The molecule has 0 heterocycles. The van der Waals surface area contributed by atoms with Crippen molar-refractivity contribution in [1.29, 1.82) is 0 Å². The van der Waals surface area contributed by atoms with E-state index in [9.17, 15) is 4.79 Å². The van der Waals surface area contributed by atoms with Gasteiger partial charge in [0, 0.05) is 5.56 Å². The Labute approximate surface area is 124 Å². The second kappa shape index (κ2) is 5.60. The number of carboxylic acid groups (broad SMARTS) is 1. The number of hydrogen-bond acceptors (Lipinski definition) is 2. The Hall–Kier alpha value is -2.29. The molecule has 0 aliphatic heterocycles. The highest BCUT2D eigenvalue weighted by Crippen LogP contribution is 2.39. The molecule has 0 spiro atoms. The van der Waals surface area contributed by atoms with Crippen LogP contribution in [0.25, 0.3) is 11.1 Å². The lowest BCUT2D eigenvalue weighted by Gasteiger charge is -2.26. The summed E-state index contributed by atoms with van der Waals surface area (Å²) in [6.45, 7) is 0. The first kappa shape index (κ1) is 13.7. The van der Waals surface area contributed by atoms with Crippen molar-refractivity contribution in [3.63, 3.8) is 0 Å². The summed E-state index contributed by atoms with van der Waals surface area (Å²) in [6.07, 6.45) is 3.79. The van der Waals surface area contributed by atoms with E-state index in [0.717, 1.165) is 11.1 Å². The molecule has 1 fully saturated rings. The molecule has 108 valence electrons. The second-order valence-corrected chi connectivity index (χ2v) is 5.47. The molecule has 3 rings (SSSR count). The van der Waals surface area contributed by atoms with E-state index in [0.29, 0.717) is 11.7 Å². The molecule has 3 heteroatoms. The van der Waals surface area contributed by atoms with Crippen molar-refractivity contribution >= 4 is 5.97 Å². The van der Waals surface area contributed by atoms with Crippen LogP contribution in [-0.4, -0.2) is 18.2 Å². The van der Waals surface area contributed by atoms with Crippen molar-refractivity contribution < 1.29 is 14.6 Å². The number of methoxy groups -OCH3 is 1. The first-order valence-electron chi connectivity index (χ1n) is 7.20. The number of carbonyl (C=O) groups is 1. The van der Waals surface area contributed by atoms with Crippen molar-refractivity contribution in [2.75, 3.05) is 7.11 Å². The monoisotopic (exact) mass is 282 g/mol. The van der Waals surface area contributed by atoms with Crippen LogP contribution in [0.4, 0.5) is 0 Å². The molecule has 0 radical (unpaired) electrons. The maximum Gasteiger partial charge on any atom is 0.335 e. The molecule has 3 nitrogen and oxygen atoms in total. The summed E-state index contributed by atoms with van der Waals surface area (Å²) < 4.78 is 5.38. The second-order valence-electron chi connectivity index (χ2n) is 5.47. The van der Waals surface area contributed by atoms with Gasteiger partial charge in [-0.25, -0.2) is 4.79 Å². The van der Waals surface area contributed by atoms with E-state index in [-0.39, 0.29) is 5.56 Å². The van der Waals surface area contributed by atoms with Crippen LogP contribution >= 0.6 is 0 Å². The Bertz CT molecular complexity index is 672. The van der Waals surface area contributed by atoms with Gasteiger partial charge in [0.25, 0.3) is 0 Å². The van der Waals surface area contributed by atoms with E-state index in [4.69, 9.17) is 9.84 Å². The van der Waals surface area contributed by atoms with Gasteiger partial charge in [0.15, 0.2) is 0 Å². The van der Waals surface area contributed by atoms with Gasteiger partial charge in [-0.2, -0.15) is 0 Å². The predicted molar refractivity (Wildman–Crippen MR) is 82.0 cm³/mol. The van der Waals surface area contributed by atoms with Gasteiger partial charge in [-0.05, 0) is 48.1 Å². The quantitative estimate of drug-likeness (QED) is 0.908. The largest absolute Gasteiger partial charge is 0.496 e. The molecule has 0 saturated heterocycles. The summed E-state index contributed by atoms with van der Waals surface area (Å²) >= 11 is 0. The topological polar surface area (TPSA) is 46.5 Å². The van der Waals surface area contributed by atoms with Crippen LogP contribution in [0.2, 0.25) is 0 Å². The summed E-state index contributed by atoms with van der Waals surface area (Å²) in [5.74, 6) is 0.429. The van der Waals surface area contributed by atoms with E-state index in [1.54, 1.807) is 25.3 Å². The summed E-state index contributed by atoms with van der Waals surface area (Å²) in [5.41, 5.74) is 3.46. The van der Waals surface area contributed by atoms with Crippen LogP contribution in [0.15, 0.2) is 42.5 Å². The molecule has 2 aromatic carbocycles. The Morgan fingerprint density at radius 1 is 1.19 bits per heavy atom. The zero-order valence-electron chi connectivity index (χ0n) is 12.0. The third-order valence-electron chi connectivity index (χ3n) is 4.22. The zero-order chi connectivity index (χ0) is 14.8. The number of hydrogen-bond donors (Lipinski definition) is 1. The van der Waals surface area contributed by atoms with Gasteiger partial charge in [-0.3, -0.25) is 0 Å². The first-order chi connectivity index (χ1) is 10.2. The standard InChI is InChI=1S/C18H18O3/c1-21-17-9-8-15(18(19)20)11-16(17)14-7-3-6-13(10-14)12-4-2-5-12/h3,6-12H,2,4-5H2,1H3,(H,19,20). The zero-order valence-corrected chi connectivity index (χ0v) is 12.0. The third-order valence-corrected chi connectivity index (χ3v) is 4.22. The van der Waals surface area contributed by atoms with Gasteiger partial charge in [0.1, 0.15) is 5.75 Å². The van der Waals surface area contributed by atoms with Crippen molar-refractivity contribution in [3.8, 4) is 16.9 Å². The Morgan fingerprint density at radius 2 is 2.00 bits per heavy atom. The minimum absolute atomic E-state index is 0.278. The molecule has 0 unspecified atom stereocenters. The van der Waals surface area contributed by atoms with E-state index >= 15 is 0 Å². The summed E-state index contributed by atoms with van der Waals surface area (Å²) in [5, 5.41) is 9.17. The fourth-order valence-corrected chi connectivity index (χ4v) is 2.77. The molecule has 2 aromatic rings. The highest BCUT2D eigenvalue weighted by Gasteiger charge is 2.20. The average molecular weight is 282 g/mol. The van der Waals surface area contributed by atoms with Crippen molar-refractivity contribution in [1.82, 2.24) is 0 Å². The normalized spacial score (nSPS) is 14.5. The highest BCUT2D eigenvalue weighted by molar-refractivity contribution is 5.90. The van der Waals surface area contributed by atoms with Gasteiger partial charge in [-0.15, -0.1) is 0 Å². The Kier molecular flexibility index (Phi) is 3.65. The number of ether oxygens (including phenoxy) is 1. The molecule has 1 N–H and O–H groups in total. The van der Waals surface area contributed by atoms with Gasteiger partial charge in [0.2, 0.25) is 0 Å². The van der Waals surface area contributed by atoms with Gasteiger partial charge >= 0.3 is 5.97 Å². The maximum absolute atomic E-state index is 11.2. The lowest BCUT2D eigenvalue weighted by atomic mass is 9.79. The van der Waals surface area contributed by atoms with Crippen molar-refractivity contribution in [2.45, 2.75) is 25.2 Å². The molecule has 21 heavy (non-hydrogen) atoms. The molecular weight excluding hydrogens is 264 g/mol. The van der Waals surface area contributed by atoms with Crippen molar-refractivity contribution in [2.24, 2.45) is 0 Å². The smallest absolute Gasteiger partial charge is 0.335 e.